The van der Waals surface area contributed by atoms with Crippen molar-refractivity contribution in [3.8, 4) is 0 Å². The van der Waals surface area contributed by atoms with Crippen LogP contribution in [0.5, 0.6) is 0 Å². The van der Waals surface area contributed by atoms with Gasteiger partial charge in [0.2, 0.25) is 0 Å². The number of rotatable bonds is 4. The number of nitrogens with one attached hydrogen (secondary N) is 1. The molecule has 0 amide bonds. The summed E-state index contributed by atoms with van der Waals surface area (Å²) in [4.78, 5) is 3.05. The number of hydrogen-bond donors (Lipinski definition) is 1. The molecule has 3 rings (SSSR count). The molecule has 0 spiro atoms. The number of nitrogens with zero attached hydrogens (tertiary/aromatic N) is 3. The third-order valence-corrected chi connectivity index (χ3v) is 5.94. The summed E-state index contributed by atoms with van der Waals surface area (Å²) in [5, 5.41) is 12.9. The van der Waals surface area contributed by atoms with Crippen molar-refractivity contribution < 1.29 is 0 Å². The highest BCUT2D eigenvalue weighted by molar-refractivity contribution is 7.08. The number of aryl methyl sites for hydroxylation is 3. The largest absolute Gasteiger partial charge is 0.325 e. The van der Waals surface area contributed by atoms with Gasteiger partial charge in [-0.2, -0.15) is 0 Å². The maximum absolute atomic E-state index is 8.78. The number of benzene rings is 1. The summed E-state index contributed by atoms with van der Waals surface area (Å²) in [5.41, 5.74) is 4.52. The van der Waals surface area contributed by atoms with Crippen LogP contribution in [-0.4, -0.2) is 22.0 Å². The van der Waals surface area contributed by atoms with E-state index >= 15 is 0 Å². The Morgan fingerprint density at radius 3 is 2.54 bits per heavy atom. The molecule has 0 unspecified atom stereocenters. The van der Waals surface area contributed by atoms with Gasteiger partial charge in [0.25, 0.3) is 0 Å². The molecule has 1 aromatic heterocycles. The number of amidine groups is 1. The van der Waals surface area contributed by atoms with Gasteiger partial charge >= 0.3 is 0 Å². The zero-order chi connectivity index (χ0) is 17.1. The monoisotopic (exact) mass is 342 g/mol. The molecule has 1 heterocycles. The van der Waals surface area contributed by atoms with Crippen LogP contribution in [0.15, 0.2) is 18.2 Å². The van der Waals surface area contributed by atoms with E-state index in [1.165, 1.54) is 54.8 Å². The van der Waals surface area contributed by atoms with Gasteiger partial charge in [0.05, 0.1) is 5.69 Å². The minimum Gasteiger partial charge on any atom is -0.325 e. The summed E-state index contributed by atoms with van der Waals surface area (Å²) < 4.78 is 4.02. The van der Waals surface area contributed by atoms with Crippen molar-refractivity contribution in [1.82, 2.24) is 9.59 Å². The molecule has 0 radical (unpaired) electrons. The van der Waals surface area contributed by atoms with Crippen molar-refractivity contribution in [2.24, 2.45) is 5.92 Å². The SMILES string of the molecule is Cc1ccc(N(CC2CCCCC2)C(=N)c2snnc2C)cc1C. The first kappa shape index (κ1) is 17.1. The highest BCUT2D eigenvalue weighted by atomic mass is 32.1. The van der Waals surface area contributed by atoms with E-state index in [4.69, 9.17) is 5.41 Å². The average molecular weight is 343 g/mol. The third-order valence-electron chi connectivity index (χ3n) is 5.10. The number of hydrogen-bond acceptors (Lipinski definition) is 4. The van der Waals surface area contributed by atoms with E-state index in [1.54, 1.807) is 0 Å². The smallest absolute Gasteiger partial charge is 0.146 e. The van der Waals surface area contributed by atoms with Crippen LogP contribution in [0.4, 0.5) is 5.69 Å². The van der Waals surface area contributed by atoms with Gasteiger partial charge in [-0.25, -0.2) is 0 Å². The van der Waals surface area contributed by atoms with Gasteiger partial charge < -0.3 is 4.90 Å². The molecule has 0 bridgehead atoms. The van der Waals surface area contributed by atoms with E-state index in [1.807, 2.05) is 6.92 Å². The molecular weight excluding hydrogens is 316 g/mol. The molecule has 1 fully saturated rings. The molecule has 1 N–H and O–H groups in total. The Labute approximate surface area is 148 Å². The maximum Gasteiger partial charge on any atom is 0.146 e. The van der Waals surface area contributed by atoms with Gasteiger partial charge in [-0.15, -0.1) is 5.10 Å². The zero-order valence-electron chi connectivity index (χ0n) is 14.8. The lowest BCUT2D eigenvalue weighted by molar-refractivity contribution is 0.366. The van der Waals surface area contributed by atoms with Crippen LogP contribution in [-0.2, 0) is 0 Å². The van der Waals surface area contributed by atoms with Gasteiger partial charge in [-0.3, -0.25) is 5.41 Å². The van der Waals surface area contributed by atoms with Crippen LogP contribution in [0.1, 0.15) is 53.8 Å². The van der Waals surface area contributed by atoms with Crippen molar-refractivity contribution in [2.75, 3.05) is 11.4 Å². The lowest BCUT2D eigenvalue weighted by atomic mass is 9.88. The summed E-state index contributed by atoms with van der Waals surface area (Å²) in [7, 11) is 0. The normalized spacial score (nSPS) is 15.5. The summed E-state index contributed by atoms with van der Waals surface area (Å²) in [5.74, 6) is 1.21. The molecule has 0 atom stereocenters. The fourth-order valence-corrected chi connectivity index (χ4v) is 4.03. The first-order chi connectivity index (χ1) is 11.6. The van der Waals surface area contributed by atoms with Gasteiger partial charge in [0, 0.05) is 12.2 Å². The topological polar surface area (TPSA) is 52.9 Å². The molecule has 1 aliphatic rings. The first-order valence-electron chi connectivity index (χ1n) is 8.79. The van der Waals surface area contributed by atoms with Crippen molar-refractivity contribution in [1.29, 1.82) is 5.41 Å². The first-order valence-corrected chi connectivity index (χ1v) is 9.56. The molecule has 1 aromatic carbocycles. The van der Waals surface area contributed by atoms with Crippen molar-refractivity contribution in [2.45, 2.75) is 52.9 Å². The minimum absolute atomic E-state index is 0.538. The van der Waals surface area contributed by atoms with Crippen LogP contribution in [0.2, 0.25) is 0 Å². The lowest BCUT2D eigenvalue weighted by Crippen LogP contribution is -2.36. The highest BCUT2D eigenvalue weighted by Gasteiger charge is 2.23. The van der Waals surface area contributed by atoms with Crippen LogP contribution in [0.25, 0.3) is 0 Å². The number of anilines is 1. The predicted octanol–water partition coefficient (Wildman–Crippen LogP) is 4.88. The van der Waals surface area contributed by atoms with Gasteiger partial charge in [0.1, 0.15) is 10.7 Å². The fraction of sp³-hybridized carbons (Fsp3) is 0.526. The Kier molecular flexibility index (Phi) is 5.29. The molecule has 1 aliphatic carbocycles. The van der Waals surface area contributed by atoms with Gasteiger partial charge in [-0.1, -0.05) is 29.8 Å². The van der Waals surface area contributed by atoms with E-state index in [0.29, 0.717) is 11.8 Å². The minimum atomic E-state index is 0.538. The van der Waals surface area contributed by atoms with Gasteiger partial charge in [-0.05, 0) is 74.3 Å². The quantitative estimate of drug-likeness (QED) is 0.636. The molecule has 5 heteroatoms. The number of aromatic nitrogens is 2. The molecule has 2 aromatic rings. The standard InChI is InChI=1S/C19H26N4S/c1-13-9-10-17(11-14(13)2)23(12-16-7-5-4-6-8-16)19(20)18-15(3)21-22-24-18/h9-11,16,20H,4-8,12H2,1-3H3. The third kappa shape index (κ3) is 3.66. The van der Waals surface area contributed by atoms with Crippen LogP contribution >= 0.6 is 11.5 Å². The molecular formula is C19H26N4S. The van der Waals surface area contributed by atoms with Crippen LogP contribution in [0.3, 0.4) is 0 Å². The Morgan fingerprint density at radius 1 is 1.17 bits per heavy atom. The van der Waals surface area contributed by atoms with Crippen LogP contribution in [0, 0.1) is 32.1 Å². The Balaban J connectivity index is 1.91. The molecule has 4 nitrogen and oxygen atoms in total. The predicted molar refractivity (Wildman–Crippen MR) is 101 cm³/mol. The highest BCUT2D eigenvalue weighted by Crippen LogP contribution is 2.29. The van der Waals surface area contributed by atoms with Crippen molar-refractivity contribution in [3.63, 3.8) is 0 Å². The second kappa shape index (κ2) is 7.43. The van der Waals surface area contributed by atoms with E-state index in [-0.39, 0.29) is 0 Å². The Bertz CT molecular complexity index is 716. The summed E-state index contributed by atoms with van der Waals surface area (Å²) >= 11 is 1.32. The van der Waals surface area contributed by atoms with E-state index in [9.17, 15) is 0 Å². The fourth-order valence-electron chi connectivity index (χ4n) is 3.42. The second-order valence-corrected chi connectivity index (χ2v) is 7.67. The second-order valence-electron chi connectivity index (χ2n) is 6.92. The summed E-state index contributed by atoms with van der Waals surface area (Å²) in [6.07, 6.45) is 6.54. The van der Waals surface area contributed by atoms with Crippen LogP contribution < -0.4 is 4.90 Å². The Morgan fingerprint density at radius 2 is 1.92 bits per heavy atom. The van der Waals surface area contributed by atoms with Gasteiger partial charge in [0.15, 0.2) is 0 Å². The van der Waals surface area contributed by atoms with Crippen molar-refractivity contribution >= 4 is 23.1 Å². The Hall–Kier alpha value is -1.75. The molecule has 1 saturated carbocycles. The average Bonchev–Trinajstić information content (AvgIpc) is 3.02. The zero-order valence-corrected chi connectivity index (χ0v) is 15.6. The van der Waals surface area contributed by atoms with E-state index in [2.05, 4.69) is 46.5 Å². The summed E-state index contributed by atoms with van der Waals surface area (Å²) in [6, 6.07) is 6.50. The molecule has 0 aliphatic heterocycles. The summed E-state index contributed by atoms with van der Waals surface area (Å²) in [6.45, 7) is 7.12. The molecule has 128 valence electrons. The maximum atomic E-state index is 8.78. The lowest BCUT2D eigenvalue weighted by Gasteiger charge is -2.31. The molecule has 24 heavy (non-hydrogen) atoms. The van der Waals surface area contributed by atoms with Crippen molar-refractivity contribution in [3.05, 3.63) is 39.9 Å². The van der Waals surface area contributed by atoms with E-state index in [0.717, 1.165) is 22.8 Å². The van der Waals surface area contributed by atoms with E-state index < -0.39 is 0 Å². The molecule has 0 saturated heterocycles.